The average Bonchev–Trinajstić information content (AvgIpc) is 2.84. The molecule has 0 fully saturated rings. The van der Waals surface area contributed by atoms with Crippen LogP contribution in [0.4, 0.5) is 18.9 Å². The van der Waals surface area contributed by atoms with Crippen LogP contribution in [0.1, 0.15) is 43.9 Å². The number of aryl methyl sites for hydroxylation is 2. The number of carbonyl (C=O) groups excluding carboxylic acids is 1. The molecule has 8 heteroatoms. The van der Waals surface area contributed by atoms with Crippen molar-refractivity contribution >= 4 is 11.6 Å². The minimum Gasteiger partial charge on any atom is -0.321 e. The third kappa shape index (κ3) is 5.21. The molecule has 0 saturated heterocycles. The van der Waals surface area contributed by atoms with Crippen LogP contribution in [-0.2, 0) is 12.6 Å². The molecule has 5 nitrogen and oxygen atoms in total. The minimum absolute atomic E-state index is 0.0588. The van der Waals surface area contributed by atoms with Crippen LogP contribution in [0.2, 0.25) is 0 Å². The van der Waals surface area contributed by atoms with Crippen LogP contribution in [0.3, 0.4) is 0 Å². The third-order valence-corrected chi connectivity index (χ3v) is 5.91. The van der Waals surface area contributed by atoms with E-state index in [0.717, 1.165) is 51.3 Å². The van der Waals surface area contributed by atoms with Crippen LogP contribution in [0.15, 0.2) is 67.3 Å². The maximum absolute atomic E-state index is 13.1. The lowest BCUT2D eigenvalue weighted by molar-refractivity contribution is -0.137. The predicted molar refractivity (Wildman–Crippen MR) is 128 cm³/mol. The van der Waals surface area contributed by atoms with Gasteiger partial charge in [0.2, 0.25) is 0 Å². The second-order valence-corrected chi connectivity index (χ2v) is 8.29. The number of hydrogen-bond donors (Lipinski definition) is 1. The monoisotopic (exact) mass is 476 g/mol. The highest BCUT2D eigenvalue weighted by molar-refractivity contribution is 6.05. The zero-order valence-electron chi connectivity index (χ0n) is 19.4. The molecule has 0 aliphatic rings. The Hall–Kier alpha value is -4.07. The molecule has 0 bridgehead atoms. The van der Waals surface area contributed by atoms with Crippen LogP contribution in [-0.4, -0.2) is 20.9 Å². The molecule has 2 heterocycles. The molecule has 0 saturated carbocycles. The van der Waals surface area contributed by atoms with Gasteiger partial charge in [0.25, 0.3) is 5.91 Å². The molecule has 2 aromatic carbocycles. The Morgan fingerprint density at radius 1 is 0.943 bits per heavy atom. The Morgan fingerprint density at radius 2 is 1.74 bits per heavy atom. The lowest BCUT2D eigenvalue weighted by Gasteiger charge is -2.19. The number of nitrogens with zero attached hydrogens (tertiary/aromatic N) is 3. The number of amides is 1. The van der Waals surface area contributed by atoms with Crippen molar-refractivity contribution in [1.82, 2.24) is 15.0 Å². The summed E-state index contributed by atoms with van der Waals surface area (Å²) in [5.74, 6) is -0.600. The number of benzene rings is 2. The van der Waals surface area contributed by atoms with Gasteiger partial charge in [-0.05, 0) is 79.4 Å². The van der Waals surface area contributed by atoms with Crippen molar-refractivity contribution in [2.45, 2.75) is 33.4 Å². The first-order chi connectivity index (χ1) is 16.6. The van der Waals surface area contributed by atoms with Crippen molar-refractivity contribution in [1.29, 1.82) is 0 Å². The summed E-state index contributed by atoms with van der Waals surface area (Å²) in [5.41, 5.74) is 5.76. The van der Waals surface area contributed by atoms with Crippen molar-refractivity contribution < 1.29 is 18.0 Å². The normalized spacial score (nSPS) is 11.4. The number of aromatic nitrogens is 3. The van der Waals surface area contributed by atoms with E-state index in [9.17, 15) is 18.0 Å². The van der Waals surface area contributed by atoms with E-state index in [1.165, 1.54) is 18.5 Å². The second-order valence-electron chi connectivity index (χ2n) is 8.29. The van der Waals surface area contributed by atoms with Crippen molar-refractivity contribution in [2.24, 2.45) is 0 Å². The molecular formula is C27H23F3N4O. The Morgan fingerprint density at radius 3 is 2.46 bits per heavy atom. The number of halogens is 3. The number of alkyl halides is 3. The van der Waals surface area contributed by atoms with Crippen LogP contribution < -0.4 is 5.32 Å². The van der Waals surface area contributed by atoms with Crippen molar-refractivity contribution in [2.75, 3.05) is 5.32 Å². The summed E-state index contributed by atoms with van der Waals surface area (Å²) in [6.07, 6.45) is 0.835. The smallest absolute Gasteiger partial charge is 0.321 e. The van der Waals surface area contributed by atoms with Gasteiger partial charge in [-0.2, -0.15) is 13.2 Å². The number of anilines is 1. The molecule has 0 aliphatic carbocycles. The van der Waals surface area contributed by atoms with Gasteiger partial charge >= 0.3 is 6.18 Å². The van der Waals surface area contributed by atoms with Gasteiger partial charge in [0.15, 0.2) is 0 Å². The van der Waals surface area contributed by atoms with E-state index in [4.69, 9.17) is 0 Å². The van der Waals surface area contributed by atoms with Crippen LogP contribution >= 0.6 is 0 Å². The summed E-state index contributed by atoms with van der Waals surface area (Å²) in [4.78, 5) is 25.8. The zero-order chi connectivity index (χ0) is 25.2. The fourth-order valence-electron chi connectivity index (χ4n) is 4.14. The van der Waals surface area contributed by atoms with E-state index >= 15 is 0 Å². The number of pyridine rings is 1. The highest BCUT2D eigenvalue weighted by Gasteiger charge is 2.31. The van der Waals surface area contributed by atoms with E-state index in [1.807, 2.05) is 45.0 Å². The van der Waals surface area contributed by atoms with Gasteiger partial charge in [-0.3, -0.25) is 9.78 Å². The first-order valence-corrected chi connectivity index (χ1v) is 10.9. The SMILES string of the molecule is Cc1cc(C)c(NC(=O)c2cccc(C(F)(F)F)c2)c(C)c1Cc1ncccc1-c1ccncn1. The predicted octanol–water partition coefficient (Wildman–Crippen LogP) is 6.33. The Kier molecular flexibility index (Phi) is 6.64. The van der Waals surface area contributed by atoms with E-state index in [0.29, 0.717) is 12.1 Å². The van der Waals surface area contributed by atoms with Crippen LogP contribution in [0.5, 0.6) is 0 Å². The highest BCUT2D eigenvalue weighted by Crippen LogP contribution is 2.32. The van der Waals surface area contributed by atoms with Gasteiger partial charge in [0.1, 0.15) is 6.33 Å². The number of rotatable bonds is 5. The molecule has 35 heavy (non-hydrogen) atoms. The fourth-order valence-corrected chi connectivity index (χ4v) is 4.14. The van der Waals surface area contributed by atoms with Crippen molar-refractivity contribution in [3.8, 4) is 11.3 Å². The molecule has 0 aliphatic heterocycles. The van der Waals surface area contributed by atoms with Gasteiger partial charge in [0.05, 0.1) is 17.0 Å². The maximum Gasteiger partial charge on any atom is 0.416 e. The lowest BCUT2D eigenvalue weighted by Crippen LogP contribution is -2.16. The summed E-state index contributed by atoms with van der Waals surface area (Å²) in [7, 11) is 0. The summed E-state index contributed by atoms with van der Waals surface area (Å²) in [6, 6.07) is 12.0. The van der Waals surface area contributed by atoms with Gasteiger partial charge in [-0.15, -0.1) is 0 Å². The van der Waals surface area contributed by atoms with Crippen LogP contribution in [0.25, 0.3) is 11.3 Å². The number of carbonyl (C=O) groups is 1. The molecule has 4 rings (SSSR count). The van der Waals surface area contributed by atoms with Gasteiger partial charge in [-0.25, -0.2) is 9.97 Å². The molecule has 0 unspecified atom stereocenters. The van der Waals surface area contributed by atoms with Crippen molar-refractivity contribution in [3.05, 3.63) is 106 Å². The molecular weight excluding hydrogens is 453 g/mol. The maximum atomic E-state index is 13.1. The fraction of sp³-hybridized carbons (Fsp3) is 0.185. The molecule has 0 radical (unpaired) electrons. The van der Waals surface area contributed by atoms with E-state index in [-0.39, 0.29) is 5.56 Å². The molecule has 4 aromatic rings. The third-order valence-electron chi connectivity index (χ3n) is 5.91. The average molecular weight is 477 g/mol. The Bertz CT molecular complexity index is 1390. The quantitative estimate of drug-likeness (QED) is 0.366. The van der Waals surface area contributed by atoms with E-state index < -0.39 is 17.6 Å². The number of hydrogen-bond acceptors (Lipinski definition) is 4. The molecule has 2 aromatic heterocycles. The van der Waals surface area contributed by atoms with Gasteiger partial charge < -0.3 is 5.32 Å². The van der Waals surface area contributed by atoms with Crippen LogP contribution in [0, 0.1) is 20.8 Å². The lowest BCUT2D eigenvalue weighted by atomic mass is 9.92. The topological polar surface area (TPSA) is 67.8 Å². The molecule has 1 amide bonds. The first kappa shape index (κ1) is 24.1. The summed E-state index contributed by atoms with van der Waals surface area (Å²) in [5, 5.41) is 2.83. The van der Waals surface area contributed by atoms with E-state index in [2.05, 4.69) is 20.3 Å². The largest absolute Gasteiger partial charge is 0.416 e. The minimum atomic E-state index is -4.52. The molecule has 1 N–H and O–H groups in total. The summed E-state index contributed by atoms with van der Waals surface area (Å²) < 4.78 is 39.3. The Labute approximate surface area is 201 Å². The highest BCUT2D eigenvalue weighted by atomic mass is 19.4. The first-order valence-electron chi connectivity index (χ1n) is 10.9. The zero-order valence-corrected chi connectivity index (χ0v) is 19.4. The number of nitrogens with one attached hydrogen (secondary N) is 1. The van der Waals surface area contributed by atoms with Gasteiger partial charge in [0, 0.05) is 35.6 Å². The second kappa shape index (κ2) is 9.66. The van der Waals surface area contributed by atoms with Gasteiger partial charge in [-0.1, -0.05) is 12.1 Å². The Balaban J connectivity index is 1.68. The summed E-state index contributed by atoms with van der Waals surface area (Å²) >= 11 is 0. The molecule has 0 atom stereocenters. The standard InChI is InChI=1S/C27H23F3N4O/c1-16-12-17(2)25(34-26(35)19-6-4-7-20(13-19)27(28,29)30)18(3)22(16)14-24-21(8-5-10-32-24)23-9-11-31-15-33-23/h4-13,15H,14H2,1-3H3,(H,34,35). The molecule has 0 spiro atoms. The summed E-state index contributed by atoms with van der Waals surface area (Å²) in [6.45, 7) is 5.74. The van der Waals surface area contributed by atoms with Crippen molar-refractivity contribution in [3.63, 3.8) is 0 Å². The molecule has 178 valence electrons. The van der Waals surface area contributed by atoms with E-state index in [1.54, 1.807) is 12.4 Å².